The highest BCUT2D eigenvalue weighted by Gasteiger charge is 2.19. The molecule has 4 rings (SSSR count). The van der Waals surface area contributed by atoms with E-state index in [1.807, 2.05) is 38.1 Å². The fraction of sp³-hybridized carbons (Fsp3) is 0.290. The van der Waals surface area contributed by atoms with Crippen molar-refractivity contribution in [3.8, 4) is 29.4 Å². The molecule has 3 aromatic rings. The predicted molar refractivity (Wildman–Crippen MR) is 135 cm³/mol. The Balaban J connectivity index is 0.00000141. The van der Waals surface area contributed by atoms with Crippen molar-refractivity contribution in [3.63, 3.8) is 0 Å². The summed E-state index contributed by atoms with van der Waals surface area (Å²) in [5.74, 6) is 14.8. The number of ether oxygens (including phenoxy) is 1. The summed E-state index contributed by atoms with van der Waals surface area (Å²) in [4.78, 5) is 0. The minimum Gasteiger partial charge on any atom is -0.497 e. The fourth-order valence-electron chi connectivity index (χ4n) is 3.92. The smallest absolute Gasteiger partial charge is 0.118 e. The van der Waals surface area contributed by atoms with Gasteiger partial charge in [-0.3, -0.25) is 0 Å². The Morgan fingerprint density at radius 3 is 1.84 bits per heavy atom. The Bertz CT molecular complexity index is 1120. The van der Waals surface area contributed by atoms with Gasteiger partial charge in [-0.05, 0) is 85.8 Å². The van der Waals surface area contributed by atoms with Crippen LogP contribution in [0.4, 0.5) is 0 Å². The minimum absolute atomic E-state index is 0.589. The van der Waals surface area contributed by atoms with E-state index in [1.165, 1.54) is 36.8 Å². The lowest BCUT2D eigenvalue weighted by Gasteiger charge is -2.12. The molecule has 1 heteroatoms. The minimum atomic E-state index is 0.589. The van der Waals surface area contributed by atoms with E-state index in [1.54, 1.807) is 7.11 Å². The molecular formula is C31H32O. The first-order valence-electron chi connectivity index (χ1n) is 11.6. The van der Waals surface area contributed by atoms with Gasteiger partial charge >= 0.3 is 0 Å². The lowest BCUT2D eigenvalue weighted by Crippen LogP contribution is -1.97. The Kier molecular flexibility index (Phi) is 8.60. The van der Waals surface area contributed by atoms with E-state index < -0.39 is 0 Å². The average molecular weight is 421 g/mol. The Morgan fingerprint density at radius 2 is 1.22 bits per heavy atom. The van der Waals surface area contributed by atoms with E-state index in [9.17, 15) is 0 Å². The van der Waals surface area contributed by atoms with E-state index in [0.29, 0.717) is 5.92 Å². The van der Waals surface area contributed by atoms with E-state index in [0.717, 1.165) is 28.0 Å². The van der Waals surface area contributed by atoms with Gasteiger partial charge in [-0.2, -0.15) is 0 Å². The Morgan fingerprint density at radius 1 is 0.688 bits per heavy atom. The zero-order chi connectivity index (χ0) is 22.8. The molecule has 0 N–H and O–H groups in total. The van der Waals surface area contributed by atoms with Crippen molar-refractivity contribution in [3.05, 3.63) is 100 Å². The highest BCUT2D eigenvalue weighted by molar-refractivity contribution is 5.53. The first-order valence-corrected chi connectivity index (χ1v) is 11.6. The molecule has 0 saturated heterocycles. The van der Waals surface area contributed by atoms with Crippen LogP contribution in [0.25, 0.3) is 0 Å². The summed E-state index contributed by atoms with van der Waals surface area (Å²) in [6.07, 6.45) is 5.09. The molecule has 0 unspecified atom stereocenters. The molecule has 0 heterocycles. The van der Waals surface area contributed by atoms with Crippen molar-refractivity contribution in [1.82, 2.24) is 0 Å². The molecule has 32 heavy (non-hydrogen) atoms. The first kappa shape index (κ1) is 23.2. The van der Waals surface area contributed by atoms with Gasteiger partial charge in [0.15, 0.2) is 0 Å². The molecule has 1 fully saturated rings. The van der Waals surface area contributed by atoms with Crippen molar-refractivity contribution < 1.29 is 4.74 Å². The van der Waals surface area contributed by atoms with Gasteiger partial charge < -0.3 is 4.74 Å². The third-order valence-electron chi connectivity index (χ3n) is 5.68. The van der Waals surface area contributed by atoms with Crippen LogP contribution in [0.5, 0.6) is 5.75 Å². The maximum atomic E-state index is 5.23. The number of aryl methyl sites for hydroxylation is 1. The summed E-state index contributed by atoms with van der Waals surface area (Å²) in [7, 11) is 1.68. The number of benzene rings is 3. The molecule has 0 bridgehead atoms. The van der Waals surface area contributed by atoms with Crippen molar-refractivity contribution in [2.24, 2.45) is 0 Å². The lowest BCUT2D eigenvalue weighted by atomic mass is 9.91. The molecule has 0 spiro atoms. The summed E-state index contributed by atoms with van der Waals surface area (Å²) in [6, 6.07) is 22.8. The number of methoxy groups -OCH3 is 1. The lowest BCUT2D eigenvalue weighted by molar-refractivity contribution is 0.415. The van der Waals surface area contributed by atoms with Crippen LogP contribution in [0.1, 0.15) is 78.8 Å². The molecule has 1 saturated carbocycles. The third-order valence-corrected chi connectivity index (χ3v) is 5.68. The van der Waals surface area contributed by atoms with E-state index in [-0.39, 0.29) is 0 Å². The molecule has 0 aromatic heterocycles. The van der Waals surface area contributed by atoms with Crippen LogP contribution in [0, 0.1) is 30.6 Å². The standard InChI is InChI=1S/C29H26O.C2H6/c1-22-7-9-23(10-8-22)11-12-25-14-18-27(29(21-25)26-5-3-4-6-26)17-13-24-15-19-28(30-2)20-16-24;1-2/h7-10,14-16,18-21,26H,3-6H2,1-2H3;1-2H3. The van der Waals surface area contributed by atoms with Crippen LogP contribution in [-0.2, 0) is 0 Å². The number of rotatable bonds is 2. The van der Waals surface area contributed by atoms with Gasteiger partial charge in [-0.1, -0.05) is 68.1 Å². The van der Waals surface area contributed by atoms with Crippen LogP contribution in [0.15, 0.2) is 66.7 Å². The van der Waals surface area contributed by atoms with Gasteiger partial charge in [0.05, 0.1) is 7.11 Å². The highest BCUT2D eigenvalue weighted by Crippen LogP contribution is 2.36. The molecule has 3 aromatic carbocycles. The summed E-state index contributed by atoms with van der Waals surface area (Å²) in [6.45, 7) is 6.09. The van der Waals surface area contributed by atoms with E-state index in [2.05, 4.69) is 73.1 Å². The van der Waals surface area contributed by atoms with Gasteiger partial charge in [0.2, 0.25) is 0 Å². The fourth-order valence-corrected chi connectivity index (χ4v) is 3.92. The van der Waals surface area contributed by atoms with Crippen LogP contribution in [-0.4, -0.2) is 7.11 Å². The number of hydrogen-bond acceptors (Lipinski definition) is 1. The van der Waals surface area contributed by atoms with Gasteiger partial charge in [-0.15, -0.1) is 0 Å². The molecule has 0 aliphatic heterocycles. The summed E-state index contributed by atoms with van der Waals surface area (Å²) in [5, 5.41) is 0. The molecule has 0 amide bonds. The van der Waals surface area contributed by atoms with Crippen molar-refractivity contribution >= 4 is 0 Å². The SMILES string of the molecule is CC.COc1ccc(C#Cc2ccc(C#Cc3ccc(C)cc3)cc2C2CCCC2)cc1. The largest absolute Gasteiger partial charge is 0.497 e. The van der Waals surface area contributed by atoms with Crippen LogP contribution in [0.2, 0.25) is 0 Å². The van der Waals surface area contributed by atoms with Gasteiger partial charge in [-0.25, -0.2) is 0 Å². The maximum Gasteiger partial charge on any atom is 0.118 e. The Hall–Kier alpha value is -3.42. The highest BCUT2D eigenvalue weighted by atomic mass is 16.5. The molecule has 1 nitrogen and oxygen atoms in total. The third kappa shape index (κ3) is 6.29. The molecule has 0 radical (unpaired) electrons. The van der Waals surface area contributed by atoms with Crippen LogP contribution in [0.3, 0.4) is 0 Å². The van der Waals surface area contributed by atoms with Gasteiger partial charge in [0.1, 0.15) is 5.75 Å². The molecule has 162 valence electrons. The van der Waals surface area contributed by atoms with E-state index in [4.69, 9.17) is 4.74 Å². The molecule has 1 aliphatic rings. The van der Waals surface area contributed by atoms with Crippen molar-refractivity contribution in [2.75, 3.05) is 7.11 Å². The number of hydrogen-bond donors (Lipinski definition) is 0. The van der Waals surface area contributed by atoms with Crippen molar-refractivity contribution in [1.29, 1.82) is 0 Å². The predicted octanol–water partition coefficient (Wildman–Crippen LogP) is 7.49. The topological polar surface area (TPSA) is 9.23 Å². The summed E-state index contributed by atoms with van der Waals surface area (Å²) in [5.41, 5.74) is 6.84. The van der Waals surface area contributed by atoms with Crippen LogP contribution < -0.4 is 4.74 Å². The molecular weight excluding hydrogens is 388 g/mol. The monoisotopic (exact) mass is 420 g/mol. The Labute approximate surface area is 193 Å². The quantitative estimate of drug-likeness (QED) is 0.390. The zero-order valence-corrected chi connectivity index (χ0v) is 19.7. The maximum absolute atomic E-state index is 5.23. The summed E-state index contributed by atoms with van der Waals surface area (Å²) >= 11 is 0. The first-order chi connectivity index (χ1) is 15.7. The molecule has 1 aliphatic carbocycles. The zero-order valence-electron chi connectivity index (χ0n) is 19.7. The van der Waals surface area contributed by atoms with Crippen molar-refractivity contribution in [2.45, 2.75) is 52.4 Å². The second-order valence-corrected chi connectivity index (χ2v) is 7.88. The van der Waals surface area contributed by atoms with Crippen LogP contribution >= 0.6 is 0 Å². The summed E-state index contributed by atoms with van der Waals surface area (Å²) < 4.78 is 5.23. The second-order valence-electron chi connectivity index (χ2n) is 7.88. The normalized spacial score (nSPS) is 12.5. The van der Waals surface area contributed by atoms with Gasteiger partial charge in [0.25, 0.3) is 0 Å². The molecule has 0 atom stereocenters. The average Bonchev–Trinajstić information content (AvgIpc) is 3.39. The van der Waals surface area contributed by atoms with Gasteiger partial charge in [0, 0.05) is 22.3 Å². The second kappa shape index (κ2) is 11.8. The van der Waals surface area contributed by atoms with E-state index >= 15 is 0 Å².